The van der Waals surface area contributed by atoms with Crippen LogP contribution in [0.4, 0.5) is 0 Å². The fraction of sp³-hybridized carbons (Fsp3) is 0.273. The average Bonchev–Trinajstić information content (AvgIpc) is 2.66. The number of hydrogen-bond acceptors (Lipinski definition) is 4. The lowest BCUT2D eigenvalue weighted by atomic mass is 10.1. The number of halogens is 1. The first-order valence-electron chi connectivity index (χ1n) is 4.86. The largest absolute Gasteiger partial charge is 0.334 e. The SMILES string of the molecule is CC(C)(N)c1noc(-c2ccccc2Cl)n1. The smallest absolute Gasteiger partial charge is 0.259 e. The number of benzene rings is 1. The van der Waals surface area contributed by atoms with Crippen LogP contribution in [0.2, 0.25) is 5.02 Å². The Bertz CT molecular complexity index is 502. The molecular weight excluding hydrogens is 226 g/mol. The quantitative estimate of drug-likeness (QED) is 0.872. The van der Waals surface area contributed by atoms with E-state index in [0.717, 1.165) is 0 Å². The Balaban J connectivity index is 2.44. The molecule has 2 N–H and O–H groups in total. The van der Waals surface area contributed by atoms with E-state index < -0.39 is 5.54 Å². The molecular formula is C11H12ClN3O. The van der Waals surface area contributed by atoms with Crippen molar-refractivity contribution in [1.29, 1.82) is 0 Å². The molecule has 0 aliphatic heterocycles. The van der Waals surface area contributed by atoms with Crippen molar-refractivity contribution >= 4 is 11.6 Å². The van der Waals surface area contributed by atoms with Gasteiger partial charge in [-0.1, -0.05) is 28.9 Å². The zero-order chi connectivity index (χ0) is 11.8. The van der Waals surface area contributed by atoms with Crippen LogP contribution in [0.3, 0.4) is 0 Å². The van der Waals surface area contributed by atoms with Crippen LogP contribution in [-0.4, -0.2) is 10.1 Å². The van der Waals surface area contributed by atoms with Gasteiger partial charge in [0.05, 0.1) is 16.1 Å². The first-order chi connectivity index (χ1) is 7.48. The van der Waals surface area contributed by atoms with Gasteiger partial charge in [0.25, 0.3) is 5.89 Å². The summed E-state index contributed by atoms with van der Waals surface area (Å²) in [6, 6.07) is 7.30. The summed E-state index contributed by atoms with van der Waals surface area (Å²) in [5.74, 6) is 0.849. The molecule has 0 aliphatic rings. The minimum absolute atomic E-state index is 0.388. The highest BCUT2D eigenvalue weighted by atomic mass is 35.5. The molecule has 0 spiro atoms. The Hall–Kier alpha value is -1.39. The van der Waals surface area contributed by atoms with E-state index in [1.807, 2.05) is 32.0 Å². The van der Waals surface area contributed by atoms with Gasteiger partial charge in [-0.2, -0.15) is 4.98 Å². The number of nitrogens with zero attached hydrogens (tertiary/aromatic N) is 2. The molecule has 16 heavy (non-hydrogen) atoms. The van der Waals surface area contributed by atoms with Crippen molar-refractivity contribution in [2.24, 2.45) is 5.73 Å². The molecule has 1 aromatic heterocycles. The summed E-state index contributed by atoms with van der Waals surface area (Å²) in [6.45, 7) is 3.63. The second kappa shape index (κ2) is 3.88. The van der Waals surface area contributed by atoms with Crippen molar-refractivity contribution in [3.05, 3.63) is 35.1 Å². The Morgan fingerprint density at radius 1 is 1.31 bits per heavy atom. The fourth-order valence-corrected chi connectivity index (χ4v) is 1.45. The molecule has 5 heteroatoms. The lowest BCUT2D eigenvalue weighted by Crippen LogP contribution is -2.30. The van der Waals surface area contributed by atoms with E-state index in [1.165, 1.54) is 0 Å². The highest BCUT2D eigenvalue weighted by molar-refractivity contribution is 6.33. The predicted molar refractivity (Wildman–Crippen MR) is 62.0 cm³/mol. The third kappa shape index (κ3) is 2.08. The molecule has 1 heterocycles. The van der Waals surface area contributed by atoms with Gasteiger partial charge in [0, 0.05) is 0 Å². The monoisotopic (exact) mass is 237 g/mol. The van der Waals surface area contributed by atoms with Crippen LogP contribution < -0.4 is 5.73 Å². The molecule has 0 aliphatic carbocycles. The van der Waals surface area contributed by atoms with E-state index in [4.69, 9.17) is 21.9 Å². The minimum atomic E-state index is -0.622. The normalized spacial score (nSPS) is 11.8. The van der Waals surface area contributed by atoms with Crippen molar-refractivity contribution in [3.8, 4) is 11.5 Å². The van der Waals surface area contributed by atoms with Crippen LogP contribution in [0.1, 0.15) is 19.7 Å². The minimum Gasteiger partial charge on any atom is -0.334 e. The number of nitrogens with two attached hydrogens (primary N) is 1. The average molecular weight is 238 g/mol. The summed E-state index contributed by atoms with van der Waals surface area (Å²) < 4.78 is 5.13. The van der Waals surface area contributed by atoms with E-state index in [-0.39, 0.29) is 0 Å². The lowest BCUT2D eigenvalue weighted by Gasteiger charge is -2.11. The first kappa shape index (κ1) is 11.1. The summed E-state index contributed by atoms with van der Waals surface area (Å²) in [5.41, 5.74) is 5.96. The van der Waals surface area contributed by atoms with Crippen LogP contribution in [0.15, 0.2) is 28.8 Å². The Labute approximate surface area is 98.4 Å². The molecule has 2 rings (SSSR count). The third-order valence-corrected chi connectivity index (χ3v) is 2.44. The first-order valence-corrected chi connectivity index (χ1v) is 5.24. The van der Waals surface area contributed by atoms with Crippen LogP contribution in [0, 0.1) is 0 Å². The van der Waals surface area contributed by atoms with Crippen LogP contribution in [0.25, 0.3) is 11.5 Å². The fourth-order valence-electron chi connectivity index (χ4n) is 1.23. The Kier molecular flexibility index (Phi) is 2.69. The molecule has 0 unspecified atom stereocenters. The summed E-state index contributed by atoms with van der Waals surface area (Å²) in [5, 5.41) is 4.41. The maximum absolute atomic E-state index is 6.02. The molecule has 1 aromatic carbocycles. The molecule has 0 radical (unpaired) electrons. The van der Waals surface area contributed by atoms with Crippen molar-refractivity contribution in [2.75, 3.05) is 0 Å². The van der Waals surface area contributed by atoms with Gasteiger partial charge in [-0.25, -0.2) is 0 Å². The van der Waals surface area contributed by atoms with Crippen molar-refractivity contribution < 1.29 is 4.52 Å². The lowest BCUT2D eigenvalue weighted by molar-refractivity contribution is 0.397. The molecule has 0 bridgehead atoms. The summed E-state index contributed by atoms with van der Waals surface area (Å²) >= 11 is 6.02. The van der Waals surface area contributed by atoms with Crippen LogP contribution in [0.5, 0.6) is 0 Å². The number of hydrogen-bond donors (Lipinski definition) is 1. The van der Waals surface area contributed by atoms with Crippen LogP contribution in [-0.2, 0) is 5.54 Å². The summed E-state index contributed by atoms with van der Waals surface area (Å²) in [4.78, 5) is 4.23. The van der Waals surface area contributed by atoms with Crippen molar-refractivity contribution in [1.82, 2.24) is 10.1 Å². The molecule has 0 amide bonds. The maximum Gasteiger partial charge on any atom is 0.259 e. The van der Waals surface area contributed by atoms with Gasteiger partial charge < -0.3 is 10.3 Å². The van der Waals surface area contributed by atoms with E-state index in [1.54, 1.807) is 6.07 Å². The topological polar surface area (TPSA) is 64.9 Å². The molecule has 0 saturated heterocycles. The Morgan fingerprint density at radius 2 is 2.00 bits per heavy atom. The van der Waals surface area contributed by atoms with Crippen molar-refractivity contribution in [3.63, 3.8) is 0 Å². The Morgan fingerprint density at radius 3 is 2.56 bits per heavy atom. The van der Waals surface area contributed by atoms with Crippen LogP contribution >= 0.6 is 11.6 Å². The highest BCUT2D eigenvalue weighted by Gasteiger charge is 2.22. The molecule has 0 fully saturated rings. The molecule has 0 atom stereocenters. The van der Waals surface area contributed by atoms with Gasteiger partial charge in [0.15, 0.2) is 5.82 Å². The van der Waals surface area contributed by atoms with Crippen molar-refractivity contribution in [2.45, 2.75) is 19.4 Å². The summed E-state index contributed by atoms with van der Waals surface area (Å²) in [6.07, 6.45) is 0. The van der Waals surface area contributed by atoms with Gasteiger partial charge in [0.2, 0.25) is 0 Å². The van der Waals surface area contributed by atoms with E-state index in [9.17, 15) is 0 Å². The molecule has 84 valence electrons. The van der Waals surface area contributed by atoms with E-state index >= 15 is 0 Å². The predicted octanol–water partition coefficient (Wildman–Crippen LogP) is 2.58. The highest BCUT2D eigenvalue weighted by Crippen LogP contribution is 2.27. The molecule has 2 aromatic rings. The second-order valence-electron chi connectivity index (χ2n) is 4.12. The summed E-state index contributed by atoms with van der Waals surface area (Å²) in [7, 11) is 0. The maximum atomic E-state index is 6.02. The molecule has 4 nitrogen and oxygen atoms in total. The van der Waals surface area contributed by atoms with E-state index in [2.05, 4.69) is 10.1 Å². The van der Waals surface area contributed by atoms with E-state index in [0.29, 0.717) is 22.3 Å². The second-order valence-corrected chi connectivity index (χ2v) is 4.53. The molecule has 0 saturated carbocycles. The van der Waals surface area contributed by atoms with Gasteiger partial charge in [-0.15, -0.1) is 0 Å². The number of aromatic nitrogens is 2. The van der Waals surface area contributed by atoms with Gasteiger partial charge in [-0.05, 0) is 26.0 Å². The zero-order valence-corrected chi connectivity index (χ0v) is 9.82. The van der Waals surface area contributed by atoms with Gasteiger partial charge >= 0.3 is 0 Å². The standard InChI is InChI=1S/C11H12ClN3O/c1-11(2,13)10-14-9(16-15-10)7-5-3-4-6-8(7)12/h3-6H,13H2,1-2H3. The zero-order valence-electron chi connectivity index (χ0n) is 9.07. The van der Waals surface area contributed by atoms with Gasteiger partial charge in [-0.3, -0.25) is 0 Å². The number of rotatable bonds is 2. The third-order valence-electron chi connectivity index (χ3n) is 2.11. The van der Waals surface area contributed by atoms with Gasteiger partial charge in [0.1, 0.15) is 0 Å².